The van der Waals surface area contributed by atoms with Gasteiger partial charge in [0.05, 0.1) is 18.4 Å². The number of hydrogen-bond acceptors (Lipinski definition) is 4. The van der Waals surface area contributed by atoms with Gasteiger partial charge in [-0.2, -0.15) is 0 Å². The van der Waals surface area contributed by atoms with E-state index in [0.29, 0.717) is 17.5 Å². The van der Waals surface area contributed by atoms with Crippen molar-refractivity contribution in [1.29, 1.82) is 0 Å². The average molecular weight is 344 g/mol. The van der Waals surface area contributed by atoms with E-state index in [4.69, 9.17) is 4.74 Å². The van der Waals surface area contributed by atoms with E-state index in [9.17, 15) is 4.39 Å². The Bertz CT molecular complexity index is 691. The third kappa shape index (κ3) is 3.63. The van der Waals surface area contributed by atoms with Crippen LogP contribution in [-0.4, -0.2) is 39.6 Å². The lowest BCUT2D eigenvalue weighted by molar-refractivity contribution is 0.0251. The molecule has 2 saturated heterocycles. The highest BCUT2D eigenvalue weighted by Crippen LogP contribution is 2.46. The molecular weight excluding hydrogens is 323 g/mol. The highest BCUT2D eigenvalue weighted by Gasteiger charge is 2.49. The molecule has 0 bridgehead atoms. The molecular formula is C19H21FN2OS. The molecule has 5 heteroatoms. The number of hydrogen-bond donors (Lipinski definition) is 0. The molecule has 3 nitrogen and oxygen atoms in total. The molecule has 2 aliphatic rings. The first-order valence-corrected chi connectivity index (χ1v) is 9.32. The molecule has 1 aromatic heterocycles. The summed E-state index contributed by atoms with van der Waals surface area (Å²) in [4.78, 5) is 6.70. The summed E-state index contributed by atoms with van der Waals surface area (Å²) in [5.74, 6) is 0.904. The summed E-state index contributed by atoms with van der Waals surface area (Å²) in [7, 11) is 0. The molecule has 2 aliphatic heterocycles. The number of nitrogens with zero attached hydrogens (tertiary/aromatic N) is 2. The van der Waals surface area contributed by atoms with Crippen molar-refractivity contribution in [2.45, 2.75) is 30.4 Å². The van der Waals surface area contributed by atoms with Crippen molar-refractivity contribution in [1.82, 2.24) is 9.88 Å². The van der Waals surface area contributed by atoms with Gasteiger partial charge in [-0.05, 0) is 36.2 Å². The highest BCUT2D eigenvalue weighted by molar-refractivity contribution is 8.01. The Hall–Kier alpha value is -1.43. The van der Waals surface area contributed by atoms with Gasteiger partial charge in [-0.3, -0.25) is 9.88 Å². The van der Waals surface area contributed by atoms with Gasteiger partial charge in [0.2, 0.25) is 0 Å². The summed E-state index contributed by atoms with van der Waals surface area (Å²) in [6.45, 7) is 3.56. The van der Waals surface area contributed by atoms with Gasteiger partial charge in [-0.15, -0.1) is 11.8 Å². The minimum Gasteiger partial charge on any atom is -0.371 e. The molecule has 0 unspecified atom stereocenters. The minimum absolute atomic E-state index is 0.152. The third-order valence-electron chi connectivity index (χ3n) is 4.69. The van der Waals surface area contributed by atoms with Crippen LogP contribution in [0.15, 0.2) is 48.7 Å². The number of thioether (sulfide) groups is 1. The molecule has 24 heavy (non-hydrogen) atoms. The smallest absolute Gasteiger partial charge is 0.123 e. The van der Waals surface area contributed by atoms with Crippen molar-refractivity contribution in [3.63, 3.8) is 0 Å². The topological polar surface area (TPSA) is 25.4 Å². The summed E-state index contributed by atoms with van der Waals surface area (Å²) >= 11 is 2.03. The van der Waals surface area contributed by atoms with Crippen molar-refractivity contribution in [2.24, 2.45) is 0 Å². The molecule has 0 N–H and O–H groups in total. The monoisotopic (exact) mass is 344 g/mol. The van der Waals surface area contributed by atoms with Gasteiger partial charge in [0.1, 0.15) is 5.82 Å². The van der Waals surface area contributed by atoms with Gasteiger partial charge in [-0.1, -0.05) is 18.2 Å². The largest absolute Gasteiger partial charge is 0.371 e. The first-order valence-electron chi connectivity index (χ1n) is 8.33. The lowest BCUT2D eigenvalue weighted by Crippen LogP contribution is -2.58. The predicted octanol–water partition coefficient (Wildman–Crippen LogP) is 3.50. The molecule has 1 aromatic carbocycles. The zero-order valence-electron chi connectivity index (χ0n) is 13.5. The van der Waals surface area contributed by atoms with Gasteiger partial charge in [0.15, 0.2) is 0 Å². The van der Waals surface area contributed by atoms with E-state index in [2.05, 4.69) is 9.88 Å². The molecule has 0 amide bonds. The fourth-order valence-electron chi connectivity index (χ4n) is 3.59. The summed E-state index contributed by atoms with van der Waals surface area (Å²) in [5, 5.41) is 0. The number of rotatable bonds is 5. The summed E-state index contributed by atoms with van der Waals surface area (Å²) < 4.78 is 19.6. The molecule has 1 atom stereocenters. The first-order chi connectivity index (χ1) is 11.7. The Morgan fingerprint density at radius 2 is 2.17 bits per heavy atom. The number of benzene rings is 1. The maximum Gasteiger partial charge on any atom is 0.123 e. The van der Waals surface area contributed by atoms with Crippen LogP contribution in [0.25, 0.3) is 0 Å². The van der Waals surface area contributed by atoms with Crippen LogP contribution in [-0.2, 0) is 17.9 Å². The lowest BCUT2D eigenvalue weighted by Gasteiger charge is -2.47. The molecule has 126 valence electrons. The second-order valence-electron chi connectivity index (χ2n) is 6.73. The zero-order valence-corrected chi connectivity index (χ0v) is 14.3. The van der Waals surface area contributed by atoms with Crippen LogP contribution in [0, 0.1) is 5.82 Å². The standard InChI is InChI=1S/C19H21FN2OS/c20-16-5-3-4-15(8-16)10-22-13-19(14-22)9-18(12-24-19)23-11-17-6-1-2-7-21-17/h1-8,18H,9-14H2/t18-/m0/s1. The van der Waals surface area contributed by atoms with E-state index in [1.165, 1.54) is 6.07 Å². The van der Waals surface area contributed by atoms with Crippen LogP contribution in [0.5, 0.6) is 0 Å². The number of likely N-dealkylation sites (tertiary alicyclic amines) is 1. The summed E-state index contributed by atoms with van der Waals surface area (Å²) in [5.41, 5.74) is 2.04. The Morgan fingerprint density at radius 1 is 1.25 bits per heavy atom. The van der Waals surface area contributed by atoms with E-state index in [1.54, 1.807) is 18.3 Å². The quantitative estimate of drug-likeness (QED) is 0.829. The average Bonchev–Trinajstić information content (AvgIpc) is 2.98. The van der Waals surface area contributed by atoms with Crippen molar-refractivity contribution < 1.29 is 9.13 Å². The third-order valence-corrected chi connectivity index (χ3v) is 6.26. The maximum atomic E-state index is 13.3. The summed E-state index contributed by atoms with van der Waals surface area (Å²) in [6.07, 6.45) is 3.22. The van der Waals surface area contributed by atoms with E-state index in [1.807, 2.05) is 36.0 Å². The van der Waals surface area contributed by atoms with Crippen molar-refractivity contribution in [2.75, 3.05) is 18.8 Å². The molecule has 0 aliphatic carbocycles. The molecule has 0 radical (unpaired) electrons. The number of pyridine rings is 1. The molecule has 3 heterocycles. The van der Waals surface area contributed by atoms with Crippen LogP contribution in [0.4, 0.5) is 4.39 Å². The van der Waals surface area contributed by atoms with Crippen LogP contribution >= 0.6 is 11.8 Å². The van der Waals surface area contributed by atoms with Crippen LogP contribution in [0.3, 0.4) is 0 Å². The predicted molar refractivity (Wildman–Crippen MR) is 94.3 cm³/mol. The van der Waals surface area contributed by atoms with Crippen LogP contribution in [0.1, 0.15) is 17.7 Å². The van der Waals surface area contributed by atoms with Gasteiger partial charge in [0, 0.05) is 36.3 Å². The van der Waals surface area contributed by atoms with Gasteiger partial charge in [0.25, 0.3) is 0 Å². The Kier molecular flexibility index (Phi) is 4.57. The summed E-state index contributed by atoms with van der Waals surface area (Å²) in [6, 6.07) is 12.8. The van der Waals surface area contributed by atoms with E-state index < -0.39 is 0 Å². The van der Waals surface area contributed by atoms with Crippen molar-refractivity contribution in [3.8, 4) is 0 Å². The van der Waals surface area contributed by atoms with Gasteiger partial charge < -0.3 is 4.74 Å². The Labute approximate surface area is 146 Å². The molecule has 0 saturated carbocycles. The molecule has 2 aromatic rings. The fraction of sp³-hybridized carbons (Fsp3) is 0.421. The second kappa shape index (κ2) is 6.82. The number of ether oxygens (including phenoxy) is 1. The lowest BCUT2D eigenvalue weighted by atomic mass is 9.92. The number of aromatic nitrogens is 1. The molecule has 4 rings (SSSR count). The van der Waals surface area contributed by atoms with Crippen LogP contribution in [0.2, 0.25) is 0 Å². The minimum atomic E-state index is -0.152. The second-order valence-corrected chi connectivity index (χ2v) is 8.22. The zero-order chi connectivity index (χ0) is 16.4. The van der Waals surface area contributed by atoms with Crippen LogP contribution < -0.4 is 0 Å². The molecule has 1 spiro atoms. The maximum absolute atomic E-state index is 13.3. The molecule has 2 fully saturated rings. The Morgan fingerprint density at radius 3 is 2.96 bits per heavy atom. The van der Waals surface area contributed by atoms with Gasteiger partial charge in [-0.25, -0.2) is 4.39 Å². The van der Waals surface area contributed by atoms with E-state index in [-0.39, 0.29) is 5.82 Å². The number of halogens is 1. The van der Waals surface area contributed by atoms with E-state index in [0.717, 1.165) is 43.1 Å². The normalized spacial score (nSPS) is 22.6. The van der Waals surface area contributed by atoms with Crippen molar-refractivity contribution in [3.05, 3.63) is 65.7 Å². The van der Waals surface area contributed by atoms with E-state index >= 15 is 0 Å². The van der Waals surface area contributed by atoms with Gasteiger partial charge >= 0.3 is 0 Å². The van der Waals surface area contributed by atoms with Crippen molar-refractivity contribution >= 4 is 11.8 Å². The fourth-order valence-corrected chi connectivity index (χ4v) is 5.20. The Balaban J connectivity index is 1.24. The SMILES string of the molecule is Fc1cccc(CN2CC3(C[C@H](OCc4ccccn4)CS3)C2)c1. The highest BCUT2D eigenvalue weighted by atomic mass is 32.2. The first kappa shape index (κ1) is 16.1.